The lowest BCUT2D eigenvalue weighted by molar-refractivity contribution is -0.272. The summed E-state index contributed by atoms with van der Waals surface area (Å²) in [7, 11) is 0. The van der Waals surface area contributed by atoms with Crippen molar-refractivity contribution in [2.24, 2.45) is 28.6 Å². The lowest BCUT2D eigenvalue weighted by Gasteiger charge is -2.38. The van der Waals surface area contributed by atoms with Crippen molar-refractivity contribution in [1.29, 1.82) is 5.26 Å². The fourth-order valence-corrected chi connectivity index (χ4v) is 4.87. The minimum absolute atomic E-state index is 0.00224. The van der Waals surface area contributed by atoms with Crippen LogP contribution in [0.15, 0.2) is 12.2 Å². The van der Waals surface area contributed by atoms with Crippen LogP contribution in [0.2, 0.25) is 0 Å². The molecule has 2 spiro atoms. The summed E-state index contributed by atoms with van der Waals surface area (Å²) in [6.45, 7) is 5.49. The smallest absolute Gasteiger partial charge is 0.182 e. The predicted molar refractivity (Wildman–Crippen MR) is 71.3 cm³/mol. The zero-order chi connectivity index (χ0) is 14.2. The SMILES string of the molecule is CC1(C)COC2(OC1)[C@@H]1[C@@H](C#N)C=C[C@H]3CC[C@@H](O)[C@]312. The van der Waals surface area contributed by atoms with Crippen molar-refractivity contribution in [3.8, 4) is 6.07 Å². The number of allylic oxidation sites excluding steroid dienone is 2. The molecule has 1 heterocycles. The molecule has 4 aliphatic rings. The Kier molecular flexibility index (Phi) is 2.34. The highest BCUT2D eigenvalue weighted by atomic mass is 16.7. The van der Waals surface area contributed by atoms with E-state index in [1.807, 2.05) is 6.08 Å². The van der Waals surface area contributed by atoms with Gasteiger partial charge in [-0.3, -0.25) is 0 Å². The van der Waals surface area contributed by atoms with Gasteiger partial charge in [0.2, 0.25) is 0 Å². The molecule has 3 fully saturated rings. The Balaban J connectivity index is 1.75. The van der Waals surface area contributed by atoms with Gasteiger partial charge in [0, 0.05) is 11.3 Å². The third-order valence-corrected chi connectivity index (χ3v) is 5.77. The van der Waals surface area contributed by atoms with Crippen molar-refractivity contribution in [1.82, 2.24) is 0 Å². The largest absolute Gasteiger partial charge is 0.392 e. The molecule has 1 saturated heterocycles. The van der Waals surface area contributed by atoms with Crippen LogP contribution in [-0.2, 0) is 9.47 Å². The van der Waals surface area contributed by atoms with Gasteiger partial charge in [0.25, 0.3) is 0 Å². The van der Waals surface area contributed by atoms with E-state index in [4.69, 9.17) is 9.47 Å². The fourth-order valence-electron chi connectivity index (χ4n) is 4.87. The van der Waals surface area contributed by atoms with Crippen LogP contribution in [0.4, 0.5) is 0 Å². The van der Waals surface area contributed by atoms with E-state index in [1.165, 1.54) is 0 Å². The van der Waals surface area contributed by atoms with E-state index >= 15 is 0 Å². The molecule has 4 nitrogen and oxygen atoms in total. The molecular weight excluding hydrogens is 254 g/mol. The summed E-state index contributed by atoms with van der Waals surface area (Å²) in [5.74, 6) is -0.662. The molecule has 0 aromatic rings. The van der Waals surface area contributed by atoms with E-state index < -0.39 is 11.9 Å². The third-order valence-electron chi connectivity index (χ3n) is 5.77. The summed E-state index contributed by atoms with van der Waals surface area (Å²) in [6, 6.07) is 2.36. The van der Waals surface area contributed by atoms with Crippen molar-refractivity contribution in [2.45, 2.75) is 38.6 Å². The monoisotopic (exact) mass is 275 g/mol. The molecule has 0 unspecified atom stereocenters. The summed E-state index contributed by atoms with van der Waals surface area (Å²) in [5.41, 5.74) is -0.374. The Labute approximate surface area is 119 Å². The molecule has 0 radical (unpaired) electrons. The van der Waals surface area contributed by atoms with Crippen LogP contribution < -0.4 is 0 Å². The standard InChI is InChI=1S/C16H21NO3/c1-14(2)8-19-16(20-9-14)13-10(7-17)3-4-11-5-6-12(18)15(11,13)16/h3-4,10-13,18H,5-6,8-9H2,1-2H3/t10-,11+,12-,13-,15-/m1/s1. The Morgan fingerprint density at radius 2 is 1.90 bits per heavy atom. The lowest BCUT2D eigenvalue weighted by Crippen LogP contribution is -2.45. The Bertz CT molecular complexity index is 510. The fraction of sp³-hybridized carbons (Fsp3) is 0.812. The third kappa shape index (κ3) is 1.23. The highest BCUT2D eigenvalue weighted by Gasteiger charge is 2.88. The Morgan fingerprint density at radius 1 is 1.20 bits per heavy atom. The van der Waals surface area contributed by atoms with Crippen LogP contribution >= 0.6 is 0 Å². The molecule has 0 aromatic heterocycles. The van der Waals surface area contributed by atoms with E-state index in [0.717, 1.165) is 12.8 Å². The maximum absolute atomic E-state index is 10.6. The molecule has 108 valence electrons. The molecule has 5 atom stereocenters. The van der Waals surface area contributed by atoms with Crippen LogP contribution in [-0.4, -0.2) is 30.2 Å². The van der Waals surface area contributed by atoms with Crippen LogP contribution in [0.1, 0.15) is 26.7 Å². The minimum Gasteiger partial charge on any atom is -0.392 e. The Morgan fingerprint density at radius 3 is 2.55 bits per heavy atom. The maximum Gasteiger partial charge on any atom is 0.182 e. The molecule has 4 rings (SSSR count). The molecular formula is C16H21NO3. The number of aliphatic hydroxyl groups excluding tert-OH is 1. The maximum atomic E-state index is 10.6. The second-order valence-corrected chi connectivity index (χ2v) is 7.56. The van der Waals surface area contributed by atoms with Crippen molar-refractivity contribution >= 4 is 0 Å². The second-order valence-electron chi connectivity index (χ2n) is 7.56. The Hall–Kier alpha value is -0.890. The minimum atomic E-state index is -0.729. The van der Waals surface area contributed by atoms with Crippen LogP contribution in [0.25, 0.3) is 0 Å². The lowest BCUT2D eigenvalue weighted by atomic mass is 9.80. The zero-order valence-electron chi connectivity index (χ0n) is 12.0. The van der Waals surface area contributed by atoms with E-state index in [0.29, 0.717) is 13.2 Å². The summed E-state index contributed by atoms with van der Waals surface area (Å²) < 4.78 is 12.3. The first-order valence-electron chi connectivity index (χ1n) is 7.52. The molecule has 2 saturated carbocycles. The topological polar surface area (TPSA) is 62.5 Å². The number of rotatable bonds is 0. The van der Waals surface area contributed by atoms with Gasteiger partial charge in [0.1, 0.15) is 0 Å². The van der Waals surface area contributed by atoms with Gasteiger partial charge in [-0.2, -0.15) is 5.26 Å². The number of fused-ring (bicyclic) bond motifs is 1. The van der Waals surface area contributed by atoms with Gasteiger partial charge < -0.3 is 14.6 Å². The number of ether oxygens (including phenoxy) is 2. The van der Waals surface area contributed by atoms with Crippen molar-refractivity contribution < 1.29 is 14.6 Å². The van der Waals surface area contributed by atoms with Crippen LogP contribution in [0.5, 0.6) is 0 Å². The molecule has 4 heteroatoms. The number of aliphatic hydroxyl groups is 1. The first-order valence-corrected chi connectivity index (χ1v) is 7.52. The highest BCUT2D eigenvalue weighted by molar-refractivity contribution is 5.38. The van der Waals surface area contributed by atoms with Gasteiger partial charge in [-0.05, 0) is 18.8 Å². The van der Waals surface area contributed by atoms with Crippen LogP contribution in [0.3, 0.4) is 0 Å². The normalized spacial score (nSPS) is 50.3. The van der Waals surface area contributed by atoms with Gasteiger partial charge in [0.15, 0.2) is 5.79 Å². The van der Waals surface area contributed by atoms with Crippen molar-refractivity contribution in [3.63, 3.8) is 0 Å². The predicted octanol–water partition coefficient (Wildman–Crippen LogP) is 1.85. The quantitative estimate of drug-likeness (QED) is 0.685. The summed E-state index contributed by atoms with van der Waals surface area (Å²) in [5, 5.41) is 20.0. The zero-order valence-corrected chi connectivity index (χ0v) is 12.0. The number of hydrogen-bond donors (Lipinski definition) is 1. The molecule has 0 amide bonds. The molecule has 20 heavy (non-hydrogen) atoms. The molecule has 3 aliphatic carbocycles. The molecule has 1 N–H and O–H groups in total. The molecule has 0 bridgehead atoms. The molecule has 0 aromatic carbocycles. The highest BCUT2D eigenvalue weighted by Crippen LogP contribution is 2.79. The summed E-state index contributed by atoms with van der Waals surface area (Å²) in [4.78, 5) is 0. The van der Waals surface area contributed by atoms with Gasteiger partial charge in [-0.25, -0.2) is 0 Å². The number of nitriles is 1. The van der Waals surface area contributed by atoms with Crippen molar-refractivity contribution in [3.05, 3.63) is 12.2 Å². The first-order chi connectivity index (χ1) is 9.48. The van der Waals surface area contributed by atoms with E-state index in [-0.39, 0.29) is 28.6 Å². The van der Waals surface area contributed by atoms with Gasteiger partial charge >= 0.3 is 0 Å². The van der Waals surface area contributed by atoms with Crippen LogP contribution in [0, 0.1) is 39.9 Å². The van der Waals surface area contributed by atoms with Gasteiger partial charge in [0.05, 0.1) is 36.7 Å². The number of hydrogen-bond acceptors (Lipinski definition) is 4. The van der Waals surface area contributed by atoms with E-state index in [9.17, 15) is 10.4 Å². The second kappa shape index (κ2) is 3.65. The summed E-state index contributed by atoms with van der Waals surface area (Å²) >= 11 is 0. The van der Waals surface area contributed by atoms with Gasteiger partial charge in [-0.15, -0.1) is 0 Å². The van der Waals surface area contributed by atoms with E-state index in [2.05, 4.69) is 26.0 Å². The van der Waals surface area contributed by atoms with Gasteiger partial charge in [-0.1, -0.05) is 26.0 Å². The molecule has 1 aliphatic heterocycles. The first kappa shape index (κ1) is 12.8. The average molecular weight is 275 g/mol. The average Bonchev–Trinajstić information content (AvgIpc) is 2.89. The van der Waals surface area contributed by atoms with Crippen molar-refractivity contribution in [2.75, 3.05) is 13.2 Å². The van der Waals surface area contributed by atoms with E-state index in [1.54, 1.807) is 0 Å². The number of nitrogens with zero attached hydrogens (tertiary/aromatic N) is 1. The summed E-state index contributed by atoms with van der Waals surface area (Å²) in [6.07, 6.45) is 5.43.